The van der Waals surface area contributed by atoms with Gasteiger partial charge >= 0.3 is 0 Å². The Morgan fingerprint density at radius 1 is 0.852 bits per heavy atom. The maximum atomic E-state index is 12.3. The second-order valence-electron chi connectivity index (χ2n) is 6.09. The highest BCUT2D eigenvalue weighted by atomic mass is 32.2. The van der Waals surface area contributed by atoms with Gasteiger partial charge in [-0.1, -0.05) is 60.7 Å². The lowest BCUT2D eigenvalue weighted by atomic mass is 10.1. The van der Waals surface area contributed by atoms with Crippen LogP contribution in [0.3, 0.4) is 0 Å². The number of oxazole rings is 1. The Balaban J connectivity index is 1.56. The van der Waals surface area contributed by atoms with Crippen molar-refractivity contribution in [2.75, 3.05) is 0 Å². The first kappa shape index (κ1) is 17.5. The first-order valence-corrected chi connectivity index (χ1v) is 10.0. The predicted molar refractivity (Wildman–Crippen MR) is 103 cm³/mol. The summed E-state index contributed by atoms with van der Waals surface area (Å²) < 4.78 is 35.7. The number of hydrogen-bond acceptors (Lipinski definition) is 5. The van der Waals surface area contributed by atoms with E-state index in [1.54, 1.807) is 24.3 Å². The van der Waals surface area contributed by atoms with Crippen LogP contribution in [0.25, 0.3) is 22.6 Å². The first-order chi connectivity index (χ1) is 13.1. The Morgan fingerprint density at radius 3 is 2.37 bits per heavy atom. The van der Waals surface area contributed by atoms with Crippen molar-refractivity contribution in [1.29, 1.82) is 0 Å². The van der Waals surface area contributed by atoms with Crippen LogP contribution in [0.15, 0.2) is 83.3 Å². The molecule has 0 aliphatic heterocycles. The van der Waals surface area contributed by atoms with E-state index in [1.807, 2.05) is 54.6 Å². The van der Waals surface area contributed by atoms with Crippen molar-refractivity contribution < 1.29 is 17.0 Å². The molecule has 6 heteroatoms. The minimum atomic E-state index is -3.71. The highest BCUT2D eigenvalue weighted by Gasteiger charge is 2.16. The van der Waals surface area contributed by atoms with Crippen LogP contribution in [0.2, 0.25) is 0 Å². The number of aromatic nitrogens is 1. The minimum Gasteiger partial charge on any atom is -0.436 e. The zero-order chi connectivity index (χ0) is 18.7. The molecule has 0 aliphatic carbocycles. The lowest BCUT2D eigenvalue weighted by Crippen LogP contribution is -2.09. The van der Waals surface area contributed by atoms with Gasteiger partial charge < -0.3 is 4.42 Å². The smallest absolute Gasteiger partial charge is 0.271 e. The number of fused-ring (bicyclic) bond motifs is 1. The highest BCUT2D eigenvalue weighted by molar-refractivity contribution is 7.85. The maximum absolute atomic E-state index is 12.3. The standard InChI is InChI=1S/C21H17NO4S/c23-27(24,15-16-8-2-1-3-9-16)25-14-17-10-4-5-11-18(17)21-22-19-12-6-7-13-20(19)26-21/h1-13H,14-15H2. The highest BCUT2D eigenvalue weighted by Crippen LogP contribution is 2.27. The third kappa shape index (κ3) is 4.07. The molecule has 4 rings (SSSR count). The van der Waals surface area contributed by atoms with Crippen LogP contribution in [0.4, 0.5) is 0 Å². The van der Waals surface area contributed by atoms with Crippen LogP contribution < -0.4 is 0 Å². The number of nitrogens with zero attached hydrogens (tertiary/aromatic N) is 1. The van der Waals surface area contributed by atoms with Gasteiger partial charge in [0.05, 0.1) is 6.61 Å². The molecule has 27 heavy (non-hydrogen) atoms. The number of hydrogen-bond donors (Lipinski definition) is 0. The van der Waals surface area contributed by atoms with Gasteiger partial charge in [0.1, 0.15) is 11.3 Å². The fraction of sp³-hybridized carbons (Fsp3) is 0.0952. The molecule has 0 spiro atoms. The van der Waals surface area contributed by atoms with Crippen LogP contribution in [0.1, 0.15) is 11.1 Å². The van der Waals surface area contributed by atoms with Crippen molar-refractivity contribution in [3.63, 3.8) is 0 Å². The molecule has 136 valence electrons. The normalized spacial score (nSPS) is 11.7. The quantitative estimate of drug-likeness (QED) is 0.460. The van der Waals surface area contributed by atoms with Crippen LogP contribution in [-0.2, 0) is 26.7 Å². The van der Waals surface area contributed by atoms with Gasteiger partial charge in [0.15, 0.2) is 5.58 Å². The Hall–Kier alpha value is -2.96. The van der Waals surface area contributed by atoms with E-state index < -0.39 is 10.1 Å². The molecule has 0 fully saturated rings. The van der Waals surface area contributed by atoms with Gasteiger partial charge in [0, 0.05) is 5.56 Å². The summed E-state index contributed by atoms with van der Waals surface area (Å²) in [7, 11) is -3.71. The summed E-state index contributed by atoms with van der Waals surface area (Å²) in [6, 6.07) is 23.8. The SMILES string of the molecule is O=S(=O)(Cc1ccccc1)OCc1ccccc1-c1nc2ccccc2o1. The molecule has 0 saturated carbocycles. The molecule has 0 atom stereocenters. The number of benzene rings is 3. The lowest BCUT2D eigenvalue weighted by Gasteiger charge is -2.08. The van der Waals surface area contributed by atoms with Gasteiger partial charge in [-0.3, -0.25) is 4.18 Å². The summed E-state index contributed by atoms with van der Waals surface area (Å²) in [6.45, 7) is -0.0793. The Bertz CT molecular complexity index is 1130. The molecule has 1 heterocycles. The van der Waals surface area contributed by atoms with Gasteiger partial charge in [-0.25, -0.2) is 4.98 Å². The van der Waals surface area contributed by atoms with Gasteiger partial charge in [-0.05, 0) is 29.3 Å². The van der Waals surface area contributed by atoms with Crippen molar-refractivity contribution in [2.45, 2.75) is 12.4 Å². The van der Waals surface area contributed by atoms with Crippen molar-refractivity contribution >= 4 is 21.2 Å². The Labute approximate surface area is 157 Å². The molecule has 5 nitrogen and oxygen atoms in total. The maximum Gasteiger partial charge on any atom is 0.271 e. The number of rotatable bonds is 6. The van der Waals surface area contributed by atoms with E-state index in [-0.39, 0.29) is 12.4 Å². The predicted octanol–water partition coefficient (Wildman–Crippen LogP) is 4.54. The Morgan fingerprint density at radius 2 is 1.56 bits per heavy atom. The molecule has 0 radical (unpaired) electrons. The molecule has 0 N–H and O–H groups in total. The van der Waals surface area contributed by atoms with E-state index in [0.717, 1.165) is 5.52 Å². The van der Waals surface area contributed by atoms with Gasteiger partial charge in [-0.15, -0.1) is 0 Å². The largest absolute Gasteiger partial charge is 0.436 e. The molecule has 3 aromatic carbocycles. The van der Waals surface area contributed by atoms with Gasteiger partial charge in [-0.2, -0.15) is 8.42 Å². The van der Waals surface area contributed by atoms with E-state index in [0.29, 0.717) is 28.2 Å². The molecule has 0 amide bonds. The zero-order valence-corrected chi connectivity index (χ0v) is 15.2. The monoisotopic (exact) mass is 379 g/mol. The van der Waals surface area contributed by atoms with Crippen molar-refractivity contribution in [2.24, 2.45) is 0 Å². The van der Waals surface area contributed by atoms with Crippen LogP contribution in [0.5, 0.6) is 0 Å². The third-order valence-electron chi connectivity index (χ3n) is 4.12. The lowest BCUT2D eigenvalue weighted by molar-refractivity contribution is 0.307. The van der Waals surface area contributed by atoms with E-state index in [1.165, 1.54) is 0 Å². The van der Waals surface area contributed by atoms with Crippen molar-refractivity contribution in [3.8, 4) is 11.5 Å². The molecule has 4 aromatic rings. The van der Waals surface area contributed by atoms with Crippen LogP contribution >= 0.6 is 0 Å². The van der Waals surface area contributed by atoms with Crippen molar-refractivity contribution in [1.82, 2.24) is 4.98 Å². The summed E-state index contributed by atoms with van der Waals surface area (Å²) in [6.07, 6.45) is 0. The van der Waals surface area contributed by atoms with Crippen molar-refractivity contribution in [3.05, 3.63) is 90.0 Å². The summed E-state index contributed by atoms with van der Waals surface area (Å²) in [4.78, 5) is 4.48. The zero-order valence-electron chi connectivity index (χ0n) is 14.4. The average molecular weight is 379 g/mol. The molecule has 0 bridgehead atoms. The molecule has 0 unspecified atom stereocenters. The first-order valence-electron chi connectivity index (χ1n) is 8.46. The molecule has 0 saturated heterocycles. The molecule has 0 aliphatic rings. The minimum absolute atomic E-state index is 0.0793. The number of para-hydroxylation sites is 2. The third-order valence-corrected chi connectivity index (χ3v) is 5.29. The topological polar surface area (TPSA) is 69.4 Å². The van der Waals surface area contributed by atoms with Crippen LogP contribution in [-0.4, -0.2) is 13.4 Å². The summed E-state index contributed by atoms with van der Waals surface area (Å²) >= 11 is 0. The summed E-state index contributed by atoms with van der Waals surface area (Å²) in [5.41, 5.74) is 3.52. The molecule has 1 aromatic heterocycles. The van der Waals surface area contributed by atoms with Gasteiger partial charge in [0.2, 0.25) is 5.89 Å². The van der Waals surface area contributed by atoms with E-state index >= 15 is 0 Å². The second-order valence-corrected chi connectivity index (χ2v) is 7.73. The molecular weight excluding hydrogens is 362 g/mol. The second kappa shape index (κ2) is 7.34. The average Bonchev–Trinajstić information content (AvgIpc) is 3.11. The molecular formula is C21H17NO4S. The Kier molecular flexibility index (Phi) is 4.75. The van der Waals surface area contributed by atoms with E-state index in [9.17, 15) is 8.42 Å². The fourth-order valence-corrected chi connectivity index (χ4v) is 3.81. The van der Waals surface area contributed by atoms with E-state index in [4.69, 9.17) is 8.60 Å². The summed E-state index contributed by atoms with van der Waals surface area (Å²) in [5, 5.41) is 0. The van der Waals surface area contributed by atoms with Crippen LogP contribution in [0, 0.1) is 0 Å². The fourth-order valence-electron chi connectivity index (χ4n) is 2.82. The van der Waals surface area contributed by atoms with Gasteiger partial charge in [0.25, 0.3) is 10.1 Å². The van der Waals surface area contributed by atoms with E-state index in [2.05, 4.69) is 4.98 Å². The summed E-state index contributed by atoms with van der Waals surface area (Å²) in [5.74, 6) is 0.273.